The number of carbonyl (C=O) groups is 2. The van der Waals surface area contributed by atoms with Crippen molar-refractivity contribution < 1.29 is 29.3 Å². The molecule has 2 N–H and O–H groups in total. The molecule has 3 rings (SSSR count). The molecule has 8 nitrogen and oxygen atoms in total. The zero-order valence-electron chi connectivity index (χ0n) is 24.2. The van der Waals surface area contributed by atoms with E-state index >= 15 is 0 Å². The number of unbranched alkanes of at least 4 members (excludes halogenated alkanes) is 2. The Hall–Kier alpha value is -2.58. The molecular formula is C32H48N2O6. The van der Waals surface area contributed by atoms with E-state index in [-0.39, 0.29) is 24.4 Å². The molecule has 0 aromatic carbocycles. The Kier molecular flexibility index (Phi) is 13.3. The highest BCUT2D eigenvalue weighted by Gasteiger charge is 2.31. The van der Waals surface area contributed by atoms with Crippen molar-refractivity contribution in [3.63, 3.8) is 0 Å². The first-order valence-electron chi connectivity index (χ1n) is 15.1. The van der Waals surface area contributed by atoms with Gasteiger partial charge in [-0.15, -0.1) is 0 Å². The van der Waals surface area contributed by atoms with Crippen molar-refractivity contribution in [1.82, 2.24) is 9.97 Å². The van der Waals surface area contributed by atoms with E-state index in [1.165, 1.54) is 64.2 Å². The second-order valence-corrected chi connectivity index (χ2v) is 11.7. The minimum Gasteiger partial charge on any atom is -0.461 e. The summed E-state index contributed by atoms with van der Waals surface area (Å²) >= 11 is 0. The van der Waals surface area contributed by atoms with Crippen LogP contribution in [0.2, 0.25) is 0 Å². The Labute approximate surface area is 239 Å². The SMILES string of the molecule is C=C(CO)C(=O)OCC(COC(=O)C(=C)CO)c1ncc(C2CCC(C3CCC(CCCCC)CC3)CC2)cn1. The van der Waals surface area contributed by atoms with Gasteiger partial charge in [0, 0.05) is 12.4 Å². The maximum atomic E-state index is 12.0. The van der Waals surface area contributed by atoms with E-state index in [1.54, 1.807) is 0 Å². The molecule has 222 valence electrons. The average molecular weight is 557 g/mol. The van der Waals surface area contributed by atoms with Crippen LogP contribution in [0, 0.1) is 17.8 Å². The molecule has 0 saturated heterocycles. The summed E-state index contributed by atoms with van der Waals surface area (Å²) in [5.74, 6) is 1.40. The first-order valence-corrected chi connectivity index (χ1v) is 15.1. The molecule has 0 spiro atoms. The topological polar surface area (TPSA) is 119 Å². The lowest BCUT2D eigenvalue weighted by Gasteiger charge is -2.38. The molecular weight excluding hydrogens is 508 g/mol. The number of ether oxygens (including phenoxy) is 2. The lowest BCUT2D eigenvalue weighted by atomic mass is 9.68. The third-order valence-electron chi connectivity index (χ3n) is 8.86. The first-order chi connectivity index (χ1) is 19.4. The van der Waals surface area contributed by atoms with Gasteiger partial charge in [0.25, 0.3) is 0 Å². The Morgan fingerprint density at radius 2 is 1.35 bits per heavy atom. The summed E-state index contributed by atoms with van der Waals surface area (Å²) in [4.78, 5) is 33.1. The fourth-order valence-electron chi connectivity index (χ4n) is 6.21. The Balaban J connectivity index is 1.53. The molecule has 1 aromatic heterocycles. The van der Waals surface area contributed by atoms with E-state index in [2.05, 4.69) is 30.0 Å². The number of esters is 2. The van der Waals surface area contributed by atoms with Crippen LogP contribution < -0.4 is 0 Å². The number of rotatable bonds is 15. The van der Waals surface area contributed by atoms with Crippen molar-refractivity contribution in [3.05, 3.63) is 48.1 Å². The zero-order valence-corrected chi connectivity index (χ0v) is 24.2. The quantitative estimate of drug-likeness (QED) is 0.167. The van der Waals surface area contributed by atoms with Gasteiger partial charge in [-0.05, 0) is 67.8 Å². The molecule has 8 heteroatoms. The van der Waals surface area contributed by atoms with Crippen molar-refractivity contribution in [2.75, 3.05) is 26.4 Å². The van der Waals surface area contributed by atoms with Gasteiger partial charge in [0.05, 0.1) is 30.3 Å². The summed E-state index contributed by atoms with van der Waals surface area (Å²) in [6, 6.07) is 0. The molecule has 40 heavy (non-hydrogen) atoms. The van der Waals surface area contributed by atoms with E-state index in [9.17, 15) is 9.59 Å². The summed E-state index contributed by atoms with van der Waals surface area (Å²) in [5.41, 5.74) is 0.962. The molecule has 2 fully saturated rings. The Morgan fingerprint density at radius 1 is 0.850 bits per heavy atom. The van der Waals surface area contributed by atoms with Gasteiger partial charge in [-0.2, -0.15) is 0 Å². The molecule has 0 radical (unpaired) electrons. The molecule has 0 unspecified atom stereocenters. The third kappa shape index (κ3) is 9.51. The lowest BCUT2D eigenvalue weighted by molar-refractivity contribution is -0.143. The summed E-state index contributed by atoms with van der Waals surface area (Å²) in [7, 11) is 0. The molecule has 2 aliphatic rings. The highest BCUT2D eigenvalue weighted by molar-refractivity contribution is 5.88. The maximum absolute atomic E-state index is 12.0. The van der Waals surface area contributed by atoms with Gasteiger partial charge in [0.2, 0.25) is 0 Å². The molecule has 0 amide bonds. The molecule has 0 atom stereocenters. The van der Waals surface area contributed by atoms with Crippen molar-refractivity contribution in [2.24, 2.45) is 17.8 Å². The van der Waals surface area contributed by atoms with Crippen LogP contribution in [-0.4, -0.2) is 58.5 Å². The van der Waals surface area contributed by atoms with Gasteiger partial charge in [0.15, 0.2) is 0 Å². The predicted octanol–water partition coefficient (Wildman–Crippen LogP) is 5.40. The summed E-state index contributed by atoms with van der Waals surface area (Å²) in [6.07, 6.45) is 19.6. The monoisotopic (exact) mass is 556 g/mol. The number of carbonyl (C=O) groups excluding carboxylic acids is 2. The van der Waals surface area contributed by atoms with Crippen molar-refractivity contribution >= 4 is 11.9 Å². The molecule has 0 aliphatic heterocycles. The van der Waals surface area contributed by atoms with Crippen LogP contribution >= 0.6 is 0 Å². The Morgan fingerprint density at radius 3 is 1.82 bits per heavy atom. The maximum Gasteiger partial charge on any atom is 0.335 e. The zero-order chi connectivity index (χ0) is 28.9. The predicted molar refractivity (Wildman–Crippen MR) is 153 cm³/mol. The summed E-state index contributed by atoms with van der Waals surface area (Å²) < 4.78 is 10.5. The number of aliphatic hydroxyl groups excluding tert-OH is 2. The van der Waals surface area contributed by atoms with E-state index in [0.29, 0.717) is 11.7 Å². The van der Waals surface area contributed by atoms with Crippen LogP contribution in [0.4, 0.5) is 0 Å². The number of nitrogens with zero attached hydrogens (tertiary/aromatic N) is 2. The number of hydrogen-bond acceptors (Lipinski definition) is 8. The number of hydrogen-bond donors (Lipinski definition) is 2. The lowest BCUT2D eigenvalue weighted by Crippen LogP contribution is -2.25. The van der Waals surface area contributed by atoms with Crippen LogP contribution in [0.25, 0.3) is 0 Å². The van der Waals surface area contributed by atoms with Gasteiger partial charge in [-0.25, -0.2) is 19.6 Å². The fraction of sp³-hybridized carbons (Fsp3) is 0.688. The van der Waals surface area contributed by atoms with Crippen LogP contribution in [0.15, 0.2) is 36.7 Å². The second-order valence-electron chi connectivity index (χ2n) is 11.7. The third-order valence-corrected chi connectivity index (χ3v) is 8.86. The number of aliphatic hydroxyl groups is 2. The normalized spacial score (nSPS) is 23.0. The first kappa shape index (κ1) is 31.9. The highest BCUT2D eigenvalue weighted by atomic mass is 16.5. The van der Waals surface area contributed by atoms with Crippen LogP contribution in [-0.2, 0) is 19.1 Å². The number of aromatic nitrogens is 2. The van der Waals surface area contributed by atoms with Crippen molar-refractivity contribution in [1.29, 1.82) is 0 Å². The second kappa shape index (κ2) is 16.6. The van der Waals surface area contributed by atoms with Gasteiger partial charge in [-0.1, -0.05) is 58.6 Å². The molecule has 0 bridgehead atoms. The van der Waals surface area contributed by atoms with Crippen LogP contribution in [0.3, 0.4) is 0 Å². The molecule has 1 aromatic rings. The van der Waals surface area contributed by atoms with Gasteiger partial charge in [-0.3, -0.25) is 0 Å². The standard InChI is InChI=1S/C32H48N2O6/c1-4-5-6-7-24-8-10-25(11-9-24)26-12-14-27(15-13-26)28-16-33-30(34-17-28)29(20-39-31(37)22(2)18-35)21-40-32(38)23(3)19-36/h16-17,24-27,29,35-36H,2-15,18-21H2,1H3. The summed E-state index contributed by atoms with van der Waals surface area (Å²) in [5, 5.41) is 18.2. The van der Waals surface area contributed by atoms with Crippen molar-refractivity contribution in [2.45, 2.75) is 95.8 Å². The van der Waals surface area contributed by atoms with Crippen LogP contribution in [0.1, 0.15) is 107 Å². The van der Waals surface area contributed by atoms with E-state index in [4.69, 9.17) is 19.7 Å². The minimum absolute atomic E-state index is 0.0729. The molecule has 2 aliphatic carbocycles. The van der Waals surface area contributed by atoms with Gasteiger partial charge >= 0.3 is 11.9 Å². The smallest absolute Gasteiger partial charge is 0.335 e. The largest absolute Gasteiger partial charge is 0.461 e. The van der Waals surface area contributed by atoms with E-state index in [0.717, 1.165) is 36.2 Å². The van der Waals surface area contributed by atoms with Crippen LogP contribution in [0.5, 0.6) is 0 Å². The van der Waals surface area contributed by atoms with Gasteiger partial charge in [0.1, 0.15) is 19.0 Å². The van der Waals surface area contributed by atoms with E-state index in [1.807, 2.05) is 12.4 Å². The minimum atomic E-state index is -0.739. The average Bonchev–Trinajstić information content (AvgIpc) is 3.00. The van der Waals surface area contributed by atoms with Crippen molar-refractivity contribution in [3.8, 4) is 0 Å². The Bertz CT molecular complexity index is 930. The molecule has 2 saturated carbocycles. The summed E-state index contributed by atoms with van der Waals surface area (Å²) in [6.45, 7) is 7.89. The molecule has 1 heterocycles. The fourth-order valence-corrected chi connectivity index (χ4v) is 6.21. The highest BCUT2D eigenvalue weighted by Crippen LogP contribution is 2.44. The van der Waals surface area contributed by atoms with Gasteiger partial charge < -0.3 is 19.7 Å². The van der Waals surface area contributed by atoms with E-state index < -0.39 is 31.1 Å².